The SMILES string of the molecule is CCCC(Oc1ccc(C(F)(F)F)cc1[N+](=O)[O-])C(=O)O. The van der Waals surface area contributed by atoms with Crippen molar-refractivity contribution in [3.05, 3.63) is 33.9 Å². The van der Waals surface area contributed by atoms with Crippen molar-refractivity contribution < 1.29 is 32.7 Å². The largest absolute Gasteiger partial charge is 0.479 e. The van der Waals surface area contributed by atoms with Crippen LogP contribution in [0.25, 0.3) is 0 Å². The first kappa shape index (κ1) is 16.7. The third-order valence-corrected chi connectivity index (χ3v) is 2.58. The Morgan fingerprint density at radius 3 is 2.52 bits per heavy atom. The topological polar surface area (TPSA) is 89.7 Å². The predicted octanol–water partition coefficient (Wildman–Crippen LogP) is 3.25. The fourth-order valence-corrected chi connectivity index (χ4v) is 1.58. The molecule has 0 saturated carbocycles. The summed E-state index contributed by atoms with van der Waals surface area (Å²) in [6, 6.07) is 1.68. The number of nitro benzene ring substituents is 1. The first-order chi connectivity index (χ1) is 9.66. The number of benzene rings is 1. The zero-order chi connectivity index (χ0) is 16.2. The van der Waals surface area contributed by atoms with Gasteiger partial charge in [0.15, 0.2) is 11.9 Å². The number of rotatable bonds is 6. The van der Waals surface area contributed by atoms with Gasteiger partial charge in [0.25, 0.3) is 0 Å². The zero-order valence-electron chi connectivity index (χ0n) is 10.9. The van der Waals surface area contributed by atoms with Crippen molar-refractivity contribution in [1.29, 1.82) is 0 Å². The monoisotopic (exact) mass is 307 g/mol. The van der Waals surface area contributed by atoms with Crippen LogP contribution in [0.1, 0.15) is 25.3 Å². The number of carboxylic acid groups (broad SMARTS) is 1. The Morgan fingerprint density at radius 2 is 2.10 bits per heavy atom. The normalized spacial score (nSPS) is 12.8. The van der Waals surface area contributed by atoms with Crippen molar-refractivity contribution in [2.75, 3.05) is 0 Å². The van der Waals surface area contributed by atoms with Crippen LogP contribution in [-0.2, 0) is 11.0 Å². The molecule has 1 atom stereocenters. The number of carbonyl (C=O) groups is 1. The van der Waals surface area contributed by atoms with Crippen molar-refractivity contribution in [3.63, 3.8) is 0 Å². The molecule has 0 heterocycles. The average Bonchev–Trinajstić information content (AvgIpc) is 2.36. The van der Waals surface area contributed by atoms with Crippen molar-refractivity contribution in [2.45, 2.75) is 32.0 Å². The van der Waals surface area contributed by atoms with Gasteiger partial charge in [-0.1, -0.05) is 13.3 Å². The molecule has 116 valence electrons. The van der Waals surface area contributed by atoms with E-state index in [2.05, 4.69) is 0 Å². The highest BCUT2D eigenvalue weighted by atomic mass is 19.4. The van der Waals surface area contributed by atoms with Gasteiger partial charge in [-0.2, -0.15) is 13.2 Å². The molecular formula is C12H12F3NO5. The second-order valence-corrected chi connectivity index (χ2v) is 4.17. The number of aliphatic carboxylic acids is 1. The van der Waals surface area contributed by atoms with Crippen LogP contribution < -0.4 is 4.74 Å². The number of carboxylic acids is 1. The quantitative estimate of drug-likeness (QED) is 0.643. The second kappa shape index (κ2) is 6.42. The van der Waals surface area contributed by atoms with Crippen LogP contribution >= 0.6 is 0 Å². The molecule has 0 spiro atoms. The Kier molecular flexibility index (Phi) is 5.12. The van der Waals surface area contributed by atoms with E-state index in [1.165, 1.54) is 0 Å². The van der Waals surface area contributed by atoms with Gasteiger partial charge in [-0.3, -0.25) is 10.1 Å². The van der Waals surface area contributed by atoms with Crippen LogP contribution in [-0.4, -0.2) is 22.1 Å². The molecular weight excluding hydrogens is 295 g/mol. The van der Waals surface area contributed by atoms with Gasteiger partial charge in [0.2, 0.25) is 0 Å². The number of ether oxygens (including phenoxy) is 1. The Balaban J connectivity index is 3.18. The van der Waals surface area contributed by atoms with E-state index in [9.17, 15) is 28.1 Å². The first-order valence-electron chi connectivity index (χ1n) is 5.92. The molecule has 0 aliphatic carbocycles. The van der Waals surface area contributed by atoms with Gasteiger partial charge in [-0.05, 0) is 18.6 Å². The summed E-state index contributed by atoms with van der Waals surface area (Å²) in [7, 11) is 0. The number of alkyl halides is 3. The third kappa shape index (κ3) is 4.33. The van der Waals surface area contributed by atoms with Crippen molar-refractivity contribution in [2.24, 2.45) is 0 Å². The van der Waals surface area contributed by atoms with Crippen LogP contribution in [0.4, 0.5) is 18.9 Å². The number of nitro groups is 1. The molecule has 0 radical (unpaired) electrons. The number of hydrogen-bond donors (Lipinski definition) is 1. The molecule has 1 rings (SSSR count). The molecule has 0 amide bonds. The summed E-state index contributed by atoms with van der Waals surface area (Å²) >= 11 is 0. The molecule has 0 aromatic heterocycles. The van der Waals surface area contributed by atoms with Gasteiger partial charge in [0, 0.05) is 6.07 Å². The highest BCUT2D eigenvalue weighted by Gasteiger charge is 2.34. The standard InChI is InChI=1S/C12H12F3NO5/c1-2-3-10(11(17)18)21-9-5-4-7(12(13,14)15)6-8(9)16(19)20/h4-6,10H,2-3H2,1H3,(H,17,18). The lowest BCUT2D eigenvalue weighted by molar-refractivity contribution is -0.386. The third-order valence-electron chi connectivity index (χ3n) is 2.58. The van der Waals surface area contributed by atoms with E-state index in [4.69, 9.17) is 9.84 Å². The Hall–Kier alpha value is -2.32. The predicted molar refractivity (Wildman–Crippen MR) is 65.1 cm³/mol. The maximum absolute atomic E-state index is 12.5. The summed E-state index contributed by atoms with van der Waals surface area (Å²) in [6.45, 7) is 1.68. The van der Waals surface area contributed by atoms with Crippen molar-refractivity contribution in [1.82, 2.24) is 0 Å². The van der Waals surface area contributed by atoms with Crippen molar-refractivity contribution in [3.8, 4) is 5.75 Å². The van der Waals surface area contributed by atoms with Gasteiger partial charge >= 0.3 is 17.8 Å². The molecule has 1 N–H and O–H groups in total. The van der Waals surface area contributed by atoms with Crippen LogP contribution in [0.15, 0.2) is 18.2 Å². The molecule has 9 heteroatoms. The number of halogens is 3. The van der Waals surface area contributed by atoms with E-state index in [1.807, 2.05) is 0 Å². The molecule has 1 unspecified atom stereocenters. The van der Waals surface area contributed by atoms with Crippen LogP contribution in [0, 0.1) is 10.1 Å². The lowest BCUT2D eigenvalue weighted by atomic mass is 10.1. The minimum absolute atomic E-state index is 0.0769. The second-order valence-electron chi connectivity index (χ2n) is 4.17. The van der Waals surface area contributed by atoms with Crippen molar-refractivity contribution >= 4 is 11.7 Å². The highest BCUT2D eigenvalue weighted by molar-refractivity contribution is 5.73. The van der Waals surface area contributed by atoms with E-state index >= 15 is 0 Å². The lowest BCUT2D eigenvalue weighted by Crippen LogP contribution is -2.27. The molecule has 6 nitrogen and oxygen atoms in total. The smallest absolute Gasteiger partial charge is 0.416 e. The zero-order valence-corrected chi connectivity index (χ0v) is 10.9. The molecule has 0 bridgehead atoms. The minimum Gasteiger partial charge on any atom is -0.479 e. The maximum atomic E-state index is 12.5. The summed E-state index contributed by atoms with van der Waals surface area (Å²) in [6.07, 6.45) is -5.58. The summed E-state index contributed by atoms with van der Waals surface area (Å²) in [5, 5.41) is 19.7. The molecule has 0 saturated heterocycles. The van der Waals surface area contributed by atoms with E-state index in [0.29, 0.717) is 18.6 Å². The first-order valence-corrected chi connectivity index (χ1v) is 5.92. The number of hydrogen-bond acceptors (Lipinski definition) is 4. The van der Waals surface area contributed by atoms with E-state index in [-0.39, 0.29) is 6.42 Å². The summed E-state index contributed by atoms with van der Waals surface area (Å²) < 4.78 is 42.5. The fraction of sp³-hybridized carbons (Fsp3) is 0.417. The Labute approximate surface area is 117 Å². The van der Waals surface area contributed by atoms with E-state index in [0.717, 1.165) is 6.07 Å². The summed E-state index contributed by atoms with van der Waals surface area (Å²) in [5.41, 5.74) is -2.13. The van der Waals surface area contributed by atoms with Gasteiger partial charge in [0.1, 0.15) is 0 Å². The van der Waals surface area contributed by atoms with E-state index < -0.39 is 40.2 Å². The maximum Gasteiger partial charge on any atom is 0.416 e. The Morgan fingerprint density at radius 1 is 1.48 bits per heavy atom. The van der Waals surface area contributed by atoms with Gasteiger partial charge in [0.05, 0.1) is 10.5 Å². The van der Waals surface area contributed by atoms with E-state index in [1.54, 1.807) is 6.92 Å². The van der Waals surface area contributed by atoms with Crippen LogP contribution in [0.2, 0.25) is 0 Å². The minimum atomic E-state index is -4.74. The highest BCUT2D eigenvalue weighted by Crippen LogP contribution is 2.36. The lowest BCUT2D eigenvalue weighted by Gasteiger charge is -2.15. The molecule has 21 heavy (non-hydrogen) atoms. The molecule has 0 aliphatic heterocycles. The molecule has 0 aliphatic rings. The summed E-state index contributed by atoms with van der Waals surface area (Å²) in [4.78, 5) is 20.7. The van der Waals surface area contributed by atoms with Gasteiger partial charge in [-0.25, -0.2) is 4.79 Å². The van der Waals surface area contributed by atoms with Gasteiger partial charge < -0.3 is 9.84 Å². The molecule has 1 aromatic carbocycles. The fourth-order valence-electron chi connectivity index (χ4n) is 1.58. The van der Waals surface area contributed by atoms with Gasteiger partial charge in [-0.15, -0.1) is 0 Å². The number of nitrogens with zero attached hydrogens (tertiary/aromatic N) is 1. The average molecular weight is 307 g/mol. The van der Waals surface area contributed by atoms with Crippen LogP contribution in [0.3, 0.4) is 0 Å². The molecule has 1 aromatic rings. The van der Waals surface area contributed by atoms with Crippen LogP contribution in [0.5, 0.6) is 5.75 Å². The Bertz CT molecular complexity index is 544. The summed E-state index contributed by atoms with van der Waals surface area (Å²) in [5.74, 6) is -1.85. The molecule has 0 fully saturated rings.